The van der Waals surface area contributed by atoms with E-state index in [1.54, 1.807) is 24.3 Å². The van der Waals surface area contributed by atoms with Gasteiger partial charge in [-0.15, -0.1) is 11.3 Å². The molecule has 1 aromatic heterocycles. The number of methoxy groups -OCH3 is 1. The van der Waals surface area contributed by atoms with Gasteiger partial charge in [-0.3, -0.25) is 4.79 Å². The van der Waals surface area contributed by atoms with Crippen molar-refractivity contribution in [2.75, 3.05) is 13.7 Å². The van der Waals surface area contributed by atoms with Crippen LogP contribution in [0.4, 0.5) is 0 Å². The maximum absolute atomic E-state index is 13.1. The average molecular weight is 369 g/mol. The molecule has 2 aromatic rings. The van der Waals surface area contributed by atoms with E-state index in [0.29, 0.717) is 16.5 Å². The Kier molecular flexibility index (Phi) is 4.33. The van der Waals surface area contributed by atoms with Crippen molar-refractivity contribution >= 4 is 43.4 Å². The lowest BCUT2D eigenvalue weighted by atomic mass is 10.2. The van der Waals surface area contributed by atoms with E-state index in [2.05, 4.69) is 0 Å². The van der Waals surface area contributed by atoms with Crippen LogP contribution >= 0.6 is 11.3 Å². The van der Waals surface area contributed by atoms with Crippen LogP contribution in [-0.2, 0) is 19.6 Å². The summed E-state index contributed by atoms with van der Waals surface area (Å²) in [7, 11) is -2.96. The van der Waals surface area contributed by atoms with E-state index in [0.717, 1.165) is 15.6 Å². The molecule has 0 aliphatic carbocycles. The van der Waals surface area contributed by atoms with Gasteiger partial charge >= 0.3 is 11.9 Å². The average Bonchev–Trinajstić information content (AvgIpc) is 3.19. The highest BCUT2D eigenvalue weighted by molar-refractivity contribution is 7.89. The van der Waals surface area contributed by atoms with E-state index < -0.39 is 28.0 Å². The van der Waals surface area contributed by atoms with Crippen LogP contribution in [0.2, 0.25) is 0 Å². The van der Waals surface area contributed by atoms with Gasteiger partial charge in [-0.2, -0.15) is 4.31 Å². The van der Waals surface area contributed by atoms with Crippen LogP contribution in [0, 0.1) is 0 Å². The maximum atomic E-state index is 13.1. The van der Waals surface area contributed by atoms with Crippen molar-refractivity contribution in [2.45, 2.75) is 23.8 Å². The van der Waals surface area contributed by atoms with Gasteiger partial charge in [0.05, 0.1) is 7.11 Å². The van der Waals surface area contributed by atoms with E-state index in [-0.39, 0.29) is 22.7 Å². The molecule has 24 heavy (non-hydrogen) atoms. The molecule has 0 bridgehead atoms. The molecule has 0 amide bonds. The Morgan fingerprint density at radius 3 is 2.71 bits per heavy atom. The van der Waals surface area contributed by atoms with Crippen molar-refractivity contribution in [3.05, 3.63) is 29.1 Å². The molecule has 1 aliphatic rings. The monoisotopic (exact) mass is 369 g/mol. The SMILES string of the molecule is COC(=O)c1sc2ccccc2c1S(=O)(=O)N1CCC[C@H]1C(=O)O. The molecule has 9 heteroatoms. The largest absolute Gasteiger partial charge is 0.480 e. The van der Waals surface area contributed by atoms with Crippen LogP contribution in [0.25, 0.3) is 10.1 Å². The maximum Gasteiger partial charge on any atom is 0.349 e. The molecule has 7 nitrogen and oxygen atoms in total. The number of aliphatic carboxylic acids is 1. The first-order valence-corrected chi connectivity index (χ1v) is 9.48. The van der Waals surface area contributed by atoms with Crippen LogP contribution in [-0.4, -0.2) is 49.5 Å². The van der Waals surface area contributed by atoms with Gasteiger partial charge in [0.15, 0.2) is 0 Å². The highest BCUT2D eigenvalue weighted by atomic mass is 32.2. The Hall–Kier alpha value is -1.97. The number of rotatable bonds is 4. The quantitative estimate of drug-likeness (QED) is 0.827. The lowest BCUT2D eigenvalue weighted by Crippen LogP contribution is -2.40. The first kappa shape index (κ1) is 16.9. The third-order valence-corrected chi connectivity index (χ3v) is 7.25. The van der Waals surface area contributed by atoms with Gasteiger partial charge in [0, 0.05) is 16.6 Å². The number of carbonyl (C=O) groups is 2. The first-order chi connectivity index (χ1) is 11.4. The summed E-state index contributed by atoms with van der Waals surface area (Å²) in [5, 5.41) is 9.69. The molecule has 2 heterocycles. The summed E-state index contributed by atoms with van der Waals surface area (Å²) >= 11 is 1.02. The van der Waals surface area contributed by atoms with Crippen LogP contribution in [0.5, 0.6) is 0 Å². The van der Waals surface area contributed by atoms with Crippen LogP contribution in [0.3, 0.4) is 0 Å². The van der Waals surface area contributed by atoms with E-state index in [1.807, 2.05) is 0 Å². The lowest BCUT2D eigenvalue weighted by Gasteiger charge is -2.21. The smallest absolute Gasteiger partial charge is 0.349 e. The number of nitrogens with zero attached hydrogens (tertiary/aromatic N) is 1. The zero-order chi connectivity index (χ0) is 17.5. The standard InChI is InChI=1S/C15H15NO6S2/c1-22-15(19)12-13(9-5-2-3-7-11(9)23-12)24(20,21)16-8-4-6-10(16)14(17)18/h2-3,5,7,10H,4,6,8H2,1H3,(H,17,18)/t10-/m0/s1. The summed E-state index contributed by atoms with van der Waals surface area (Å²) in [6.45, 7) is 0.115. The molecule has 0 saturated carbocycles. The van der Waals surface area contributed by atoms with Crippen molar-refractivity contribution in [2.24, 2.45) is 0 Å². The van der Waals surface area contributed by atoms with Crippen molar-refractivity contribution in [1.82, 2.24) is 4.31 Å². The van der Waals surface area contributed by atoms with Crippen LogP contribution in [0.1, 0.15) is 22.5 Å². The van der Waals surface area contributed by atoms with Crippen molar-refractivity contribution in [3.63, 3.8) is 0 Å². The molecule has 128 valence electrons. The van der Waals surface area contributed by atoms with Crippen molar-refractivity contribution in [1.29, 1.82) is 0 Å². The summed E-state index contributed by atoms with van der Waals surface area (Å²) < 4.78 is 32.6. The topological polar surface area (TPSA) is 101 Å². The zero-order valence-electron chi connectivity index (χ0n) is 12.8. The Morgan fingerprint density at radius 2 is 2.04 bits per heavy atom. The molecular formula is C15H15NO6S2. The minimum atomic E-state index is -4.14. The number of carboxylic acids is 1. The van der Waals surface area contributed by atoms with Gasteiger partial charge in [0.2, 0.25) is 10.0 Å². The van der Waals surface area contributed by atoms with Crippen molar-refractivity contribution < 1.29 is 27.9 Å². The molecule has 0 spiro atoms. The van der Waals surface area contributed by atoms with E-state index in [9.17, 15) is 23.1 Å². The van der Waals surface area contributed by atoms with E-state index in [4.69, 9.17) is 4.74 Å². The van der Waals surface area contributed by atoms with Gasteiger partial charge in [0.25, 0.3) is 0 Å². The summed E-state index contributed by atoms with van der Waals surface area (Å²) in [5.41, 5.74) is 0. The van der Waals surface area contributed by atoms with Gasteiger partial charge in [0.1, 0.15) is 15.8 Å². The third-order valence-electron chi connectivity index (χ3n) is 3.98. The lowest BCUT2D eigenvalue weighted by molar-refractivity contribution is -0.140. The number of hydrogen-bond donors (Lipinski definition) is 1. The number of ether oxygens (including phenoxy) is 1. The predicted molar refractivity (Wildman–Crippen MR) is 87.7 cm³/mol. The number of esters is 1. The molecule has 1 fully saturated rings. The minimum absolute atomic E-state index is 0.0326. The fraction of sp³-hybridized carbons (Fsp3) is 0.333. The molecule has 0 radical (unpaired) electrons. The highest BCUT2D eigenvalue weighted by Gasteiger charge is 2.42. The number of thiophene rings is 1. The zero-order valence-corrected chi connectivity index (χ0v) is 14.4. The second-order valence-corrected chi connectivity index (χ2v) is 8.24. The number of benzene rings is 1. The number of carboxylic acid groups (broad SMARTS) is 1. The van der Waals surface area contributed by atoms with Gasteiger partial charge in [-0.05, 0) is 18.9 Å². The number of carbonyl (C=O) groups excluding carboxylic acids is 1. The molecule has 0 unspecified atom stereocenters. The number of fused-ring (bicyclic) bond motifs is 1. The fourth-order valence-corrected chi connectivity index (χ4v) is 6.33. The molecule has 3 rings (SSSR count). The molecule has 1 aliphatic heterocycles. The van der Waals surface area contributed by atoms with Crippen LogP contribution < -0.4 is 0 Å². The molecule has 1 atom stereocenters. The molecular weight excluding hydrogens is 354 g/mol. The normalized spacial score (nSPS) is 18.8. The van der Waals surface area contributed by atoms with Crippen molar-refractivity contribution in [3.8, 4) is 0 Å². The van der Waals surface area contributed by atoms with E-state index in [1.165, 1.54) is 7.11 Å². The number of hydrogen-bond acceptors (Lipinski definition) is 6. The predicted octanol–water partition coefficient (Wildman–Crippen LogP) is 1.93. The Bertz CT molecular complexity index is 917. The van der Waals surface area contributed by atoms with Gasteiger partial charge < -0.3 is 9.84 Å². The first-order valence-electron chi connectivity index (χ1n) is 7.22. The Balaban J connectivity index is 2.24. The molecule has 1 saturated heterocycles. The summed E-state index contributed by atoms with van der Waals surface area (Å²) in [4.78, 5) is 23.2. The third kappa shape index (κ3) is 2.58. The highest BCUT2D eigenvalue weighted by Crippen LogP contribution is 2.38. The van der Waals surface area contributed by atoms with E-state index >= 15 is 0 Å². The summed E-state index contributed by atoms with van der Waals surface area (Å²) in [6.07, 6.45) is 0.718. The fourth-order valence-electron chi connectivity index (χ4n) is 2.90. The minimum Gasteiger partial charge on any atom is -0.480 e. The van der Waals surface area contributed by atoms with Gasteiger partial charge in [-0.1, -0.05) is 18.2 Å². The summed E-state index contributed by atoms with van der Waals surface area (Å²) in [5.74, 6) is -1.93. The Labute approximate surface area is 142 Å². The number of sulfonamides is 1. The van der Waals surface area contributed by atoms with Crippen LogP contribution in [0.15, 0.2) is 29.2 Å². The molecule has 1 aromatic carbocycles. The molecule has 1 N–H and O–H groups in total. The Morgan fingerprint density at radius 1 is 1.33 bits per heavy atom. The summed E-state index contributed by atoms with van der Waals surface area (Å²) in [6, 6.07) is 5.63. The van der Waals surface area contributed by atoms with Gasteiger partial charge in [-0.25, -0.2) is 13.2 Å². The second kappa shape index (κ2) is 6.15. The second-order valence-electron chi connectivity index (χ2n) is 5.36.